The molecule has 0 saturated heterocycles. The monoisotopic (exact) mass is 272 g/mol. The van der Waals surface area contributed by atoms with Gasteiger partial charge in [0.15, 0.2) is 0 Å². The zero-order valence-electron chi connectivity index (χ0n) is 11.4. The quantitative estimate of drug-likeness (QED) is 0.900. The second-order valence-corrected chi connectivity index (χ2v) is 4.45. The van der Waals surface area contributed by atoms with Crippen LogP contribution in [0.5, 0.6) is 11.5 Å². The summed E-state index contributed by atoms with van der Waals surface area (Å²) < 4.78 is 0. The Morgan fingerprint density at radius 1 is 1.20 bits per heavy atom. The molecule has 0 saturated carbocycles. The highest BCUT2D eigenvalue weighted by atomic mass is 16.3. The molecule has 1 heterocycles. The van der Waals surface area contributed by atoms with Gasteiger partial charge in [-0.15, -0.1) is 0 Å². The van der Waals surface area contributed by atoms with E-state index in [4.69, 9.17) is 0 Å². The third kappa shape index (κ3) is 2.71. The van der Waals surface area contributed by atoms with Gasteiger partial charge >= 0.3 is 0 Å². The molecule has 2 aromatic rings. The first-order chi connectivity index (χ1) is 9.52. The number of hydrogen-bond acceptors (Lipinski definition) is 4. The van der Waals surface area contributed by atoms with Crippen LogP contribution >= 0.6 is 0 Å². The van der Waals surface area contributed by atoms with Crippen LogP contribution in [0.1, 0.15) is 22.8 Å². The zero-order valence-corrected chi connectivity index (χ0v) is 11.4. The first-order valence-electron chi connectivity index (χ1n) is 6.28. The van der Waals surface area contributed by atoms with Crippen molar-refractivity contribution in [2.75, 3.05) is 11.4 Å². The van der Waals surface area contributed by atoms with Crippen molar-refractivity contribution < 1.29 is 15.0 Å². The number of pyridine rings is 1. The summed E-state index contributed by atoms with van der Waals surface area (Å²) in [6.07, 6.45) is 2.68. The van der Waals surface area contributed by atoms with E-state index in [1.165, 1.54) is 23.4 Å². The Morgan fingerprint density at radius 2 is 1.95 bits per heavy atom. The second kappa shape index (κ2) is 5.61. The van der Waals surface area contributed by atoms with Gasteiger partial charge in [0.25, 0.3) is 5.91 Å². The summed E-state index contributed by atoms with van der Waals surface area (Å²) in [5.74, 6) is -0.227. The number of carbonyl (C=O) groups excluding carboxylic acids is 1. The van der Waals surface area contributed by atoms with E-state index in [2.05, 4.69) is 4.98 Å². The van der Waals surface area contributed by atoms with Crippen molar-refractivity contribution in [3.05, 3.63) is 47.8 Å². The molecule has 0 radical (unpaired) electrons. The van der Waals surface area contributed by atoms with Crippen LogP contribution in [0.25, 0.3) is 0 Å². The van der Waals surface area contributed by atoms with E-state index >= 15 is 0 Å². The topological polar surface area (TPSA) is 73.7 Å². The lowest BCUT2D eigenvalue weighted by Crippen LogP contribution is -2.31. The number of amides is 1. The van der Waals surface area contributed by atoms with Gasteiger partial charge in [0, 0.05) is 18.8 Å². The standard InChI is InChI=1S/C15H16N2O3/c1-3-17(14-7-12(18)5-4-10(14)2)15(20)11-6-13(19)9-16-8-11/h4-9,18-19H,3H2,1-2H3. The fourth-order valence-electron chi connectivity index (χ4n) is 2.01. The van der Waals surface area contributed by atoms with E-state index in [-0.39, 0.29) is 17.4 Å². The maximum Gasteiger partial charge on any atom is 0.259 e. The largest absolute Gasteiger partial charge is 0.508 e. The first-order valence-corrected chi connectivity index (χ1v) is 6.28. The minimum absolute atomic E-state index is 0.0560. The molecule has 0 bridgehead atoms. The molecule has 0 aliphatic rings. The van der Waals surface area contributed by atoms with Crippen molar-refractivity contribution in [3.8, 4) is 11.5 Å². The number of aromatic nitrogens is 1. The van der Waals surface area contributed by atoms with E-state index in [0.717, 1.165) is 5.56 Å². The van der Waals surface area contributed by atoms with Crippen LogP contribution in [0.2, 0.25) is 0 Å². The number of benzene rings is 1. The molecule has 1 aromatic carbocycles. The highest BCUT2D eigenvalue weighted by Gasteiger charge is 2.18. The molecule has 2 rings (SSSR count). The SMILES string of the molecule is CCN(C(=O)c1cncc(O)c1)c1cc(O)ccc1C. The lowest BCUT2D eigenvalue weighted by Gasteiger charge is -2.23. The van der Waals surface area contributed by atoms with E-state index in [0.29, 0.717) is 17.8 Å². The van der Waals surface area contributed by atoms with Gasteiger partial charge in [0.1, 0.15) is 11.5 Å². The summed E-state index contributed by atoms with van der Waals surface area (Å²) in [6, 6.07) is 6.25. The summed E-state index contributed by atoms with van der Waals surface area (Å²) >= 11 is 0. The first kappa shape index (κ1) is 13.9. The number of anilines is 1. The number of phenolic OH excluding ortho intramolecular Hbond substituents is 1. The van der Waals surface area contributed by atoms with Crippen LogP contribution in [0.4, 0.5) is 5.69 Å². The Morgan fingerprint density at radius 3 is 2.60 bits per heavy atom. The van der Waals surface area contributed by atoms with Gasteiger partial charge in [0.2, 0.25) is 0 Å². The Bertz CT molecular complexity index is 641. The molecule has 0 unspecified atom stereocenters. The van der Waals surface area contributed by atoms with E-state index in [9.17, 15) is 15.0 Å². The van der Waals surface area contributed by atoms with Crippen LogP contribution in [0.3, 0.4) is 0 Å². The van der Waals surface area contributed by atoms with Crippen molar-refractivity contribution in [1.82, 2.24) is 4.98 Å². The molecule has 0 aliphatic carbocycles. The van der Waals surface area contributed by atoms with E-state index < -0.39 is 0 Å². The minimum Gasteiger partial charge on any atom is -0.508 e. The molecule has 1 amide bonds. The third-order valence-corrected chi connectivity index (χ3v) is 3.02. The molecule has 0 aliphatic heterocycles. The van der Waals surface area contributed by atoms with Crippen molar-refractivity contribution in [1.29, 1.82) is 0 Å². The number of aromatic hydroxyl groups is 2. The fourth-order valence-corrected chi connectivity index (χ4v) is 2.01. The molecule has 5 nitrogen and oxygen atoms in total. The number of hydrogen-bond donors (Lipinski definition) is 2. The van der Waals surface area contributed by atoms with Crippen molar-refractivity contribution >= 4 is 11.6 Å². The lowest BCUT2D eigenvalue weighted by molar-refractivity contribution is 0.0987. The Hall–Kier alpha value is -2.56. The molecular formula is C15H16N2O3. The summed E-state index contributed by atoms with van der Waals surface area (Å²) in [6.45, 7) is 4.15. The molecule has 1 aromatic heterocycles. The normalized spacial score (nSPS) is 10.3. The molecular weight excluding hydrogens is 256 g/mol. The molecule has 104 valence electrons. The van der Waals surface area contributed by atoms with E-state index in [1.807, 2.05) is 13.8 Å². The summed E-state index contributed by atoms with van der Waals surface area (Å²) in [7, 11) is 0. The Labute approximate surface area is 117 Å². The number of phenols is 1. The van der Waals surface area contributed by atoms with Crippen molar-refractivity contribution in [2.45, 2.75) is 13.8 Å². The van der Waals surface area contributed by atoms with Gasteiger partial charge in [0.05, 0.1) is 17.4 Å². The third-order valence-electron chi connectivity index (χ3n) is 3.02. The molecule has 0 atom stereocenters. The number of aryl methyl sites for hydroxylation is 1. The number of nitrogens with zero attached hydrogens (tertiary/aromatic N) is 2. The maximum absolute atomic E-state index is 12.5. The smallest absolute Gasteiger partial charge is 0.259 e. The van der Waals surface area contributed by atoms with Crippen LogP contribution in [0.15, 0.2) is 36.7 Å². The zero-order chi connectivity index (χ0) is 14.7. The van der Waals surface area contributed by atoms with Crippen LogP contribution in [-0.4, -0.2) is 27.6 Å². The molecule has 5 heteroatoms. The highest BCUT2D eigenvalue weighted by Crippen LogP contribution is 2.26. The Kier molecular flexibility index (Phi) is 3.89. The molecule has 2 N–H and O–H groups in total. The summed E-state index contributed by atoms with van der Waals surface area (Å²) in [5.41, 5.74) is 1.82. The van der Waals surface area contributed by atoms with Gasteiger partial charge in [-0.2, -0.15) is 0 Å². The average Bonchev–Trinajstić information content (AvgIpc) is 2.43. The van der Waals surface area contributed by atoms with Gasteiger partial charge < -0.3 is 15.1 Å². The Balaban J connectivity index is 2.42. The fraction of sp³-hybridized carbons (Fsp3) is 0.200. The predicted octanol–water partition coefficient (Wildman–Crippen LogP) is 2.47. The lowest BCUT2D eigenvalue weighted by atomic mass is 10.1. The average molecular weight is 272 g/mol. The molecule has 20 heavy (non-hydrogen) atoms. The highest BCUT2D eigenvalue weighted by molar-refractivity contribution is 6.06. The predicted molar refractivity (Wildman–Crippen MR) is 76.1 cm³/mol. The van der Waals surface area contributed by atoms with Crippen LogP contribution in [-0.2, 0) is 0 Å². The van der Waals surface area contributed by atoms with Crippen LogP contribution < -0.4 is 4.90 Å². The number of carbonyl (C=O) groups is 1. The van der Waals surface area contributed by atoms with Gasteiger partial charge in [-0.1, -0.05) is 6.07 Å². The number of rotatable bonds is 3. The summed E-state index contributed by atoms with van der Waals surface area (Å²) in [5, 5.41) is 19.0. The van der Waals surface area contributed by atoms with Crippen molar-refractivity contribution in [3.63, 3.8) is 0 Å². The molecule has 0 spiro atoms. The van der Waals surface area contributed by atoms with Gasteiger partial charge in [-0.25, -0.2) is 0 Å². The molecule has 0 fully saturated rings. The van der Waals surface area contributed by atoms with Crippen molar-refractivity contribution in [2.24, 2.45) is 0 Å². The summed E-state index contributed by atoms with van der Waals surface area (Å²) in [4.78, 5) is 17.8. The van der Waals surface area contributed by atoms with Crippen LogP contribution in [0, 0.1) is 6.92 Å². The van der Waals surface area contributed by atoms with E-state index in [1.54, 1.807) is 18.2 Å². The maximum atomic E-state index is 12.5. The van der Waals surface area contributed by atoms with Gasteiger partial charge in [-0.3, -0.25) is 9.78 Å². The minimum atomic E-state index is -0.274. The van der Waals surface area contributed by atoms with Gasteiger partial charge in [-0.05, 0) is 31.5 Å². The second-order valence-electron chi connectivity index (χ2n) is 4.45.